The predicted molar refractivity (Wildman–Crippen MR) is 81.5 cm³/mol. The highest BCUT2D eigenvalue weighted by Crippen LogP contribution is 2.51. The van der Waals surface area contributed by atoms with Crippen LogP contribution in [0.2, 0.25) is 0 Å². The number of nitrogens with one attached hydrogen (secondary N) is 1. The van der Waals surface area contributed by atoms with Crippen LogP contribution in [0.3, 0.4) is 0 Å². The topological polar surface area (TPSA) is 94.1 Å². The lowest BCUT2D eigenvalue weighted by atomic mass is 10.2. The summed E-state index contributed by atoms with van der Waals surface area (Å²) in [6.45, 7) is 3.36. The minimum atomic E-state index is -3.66. The van der Waals surface area contributed by atoms with Gasteiger partial charge in [0, 0.05) is 0 Å². The van der Waals surface area contributed by atoms with Crippen molar-refractivity contribution in [3.8, 4) is 0 Å². The van der Waals surface area contributed by atoms with Crippen LogP contribution in [0.1, 0.15) is 19.4 Å². The lowest BCUT2D eigenvalue weighted by Gasteiger charge is -2.22. The van der Waals surface area contributed by atoms with Gasteiger partial charge in [0.2, 0.25) is 0 Å². The molecule has 2 N–H and O–H groups in total. The molecule has 0 spiro atoms. The quantitative estimate of drug-likeness (QED) is 0.675. The minimum absolute atomic E-state index is 0.108. The van der Waals surface area contributed by atoms with E-state index in [1.807, 2.05) is 30.3 Å². The van der Waals surface area contributed by atoms with Crippen molar-refractivity contribution in [2.24, 2.45) is 0 Å². The lowest BCUT2D eigenvalue weighted by Crippen LogP contribution is -2.33. The van der Waals surface area contributed by atoms with Crippen LogP contribution in [0.25, 0.3) is 0 Å². The fraction of sp³-hybridized carbons (Fsp3) is 0.500. The van der Waals surface area contributed by atoms with E-state index in [-0.39, 0.29) is 26.4 Å². The van der Waals surface area contributed by atoms with Gasteiger partial charge in [-0.05, 0) is 19.4 Å². The Balaban J connectivity index is 2.40. The summed E-state index contributed by atoms with van der Waals surface area (Å²) in [6, 6.07) is 9.17. The number of alkyl carbamates (subject to hydrolysis) is 1. The molecular weight excluding hydrogens is 309 g/mol. The Morgan fingerprint density at radius 3 is 2.36 bits per heavy atom. The van der Waals surface area contributed by atoms with Gasteiger partial charge in [-0.25, -0.2) is 4.79 Å². The van der Waals surface area contributed by atoms with E-state index in [9.17, 15) is 14.5 Å². The van der Waals surface area contributed by atoms with Gasteiger partial charge >= 0.3 is 13.7 Å². The van der Waals surface area contributed by atoms with Crippen LogP contribution in [0.15, 0.2) is 30.3 Å². The molecule has 1 aromatic rings. The molecule has 7 nitrogen and oxygen atoms in total. The molecular formula is C14H22NO6P. The van der Waals surface area contributed by atoms with Crippen molar-refractivity contribution < 1.29 is 28.3 Å². The third-order valence-corrected chi connectivity index (χ3v) is 4.77. The summed E-state index contributed by atoms with van der Waals surface area (Å²) in [5, 5.41) is 12.2. The van der Waals surface area contributed by atoms with Crippen molar-refractivity contribution in [1.29, 1.82) is 0 Å². The molecule has 0 unspecified atom stereocenters. The van der Waals surface area contributed by atoms with E-state index in [1.165, 1.54) is 0 Å². The molecule has 0 heterocycles. The Labute approximate surface area is 130 Å². The van der Waals surface area contributed by atoms with E-state index in [1.54, 1.807) is 13.8 Å². The van der Waals surface area contributed by atoms with Gasteiger partial charge in [-0.15, -0.1) is 0 Å². The predicted octanol–water partition coefficient (Wildman–Crippen LogP) is 2.50. The van der Waals surface area contributed by atoms with E-state index >= 15 is 0 Å². The SMILES string of the molecule is CCOP(=O)(OCC)[C@@H](O)CNC(=O)OCc1ccccc1. The zero-order chi connectivity index (χ0) is 16.4. The minimum Gasteiger partial charge on any atom is -0.445 e. The summed E-state index contributed by atoms with van der Waals surface area (Å²) in [4.78, 5) is 11.5. The van der Waals surface area contributed by atoms with E-state index in [0.29, 0.717) is 0 Å². The zero-order valence-corrected chi connectivity index (χ0v) is 13.6. The van der Waals surface area contributed by atoms with Crippen molar-refractivity contribution in [1.82, 2.24) is 5.32 Å². The Morgan fingerprint density at radius 1 is 1.23 bits per heavy atom. The summed E-state index contributed by atoms with van der Waals surface area (Å²) >= 11 is 0. The first kappa shape index (κ1) is 18.6. The van der Waals surface area contributed by atoms with Crippen LogP contribution in [-0.4, -0.2) is 36.8 Å². The molecule has 1 amide bonds. The second-order valence-electron chi connectivity index (χ2n) is 4.30. The first-order chi connectivity index (χ1) is 10.5. The monoisotopic (exact) mass is 331 g/mol. The molecule has 0 bridgehead atoms. The van der Waals surface area contributed by atoms with Gasteiger partial charge in [0.15, 0.2) is 5.85 Å². The van der Waals surface area contributed by atoms with E-state index in [0.717, 1.165) is 5.56 Å². The summed E-state index contributed by atoms with van der Waals surface area (Å²) < 4.78 is 27.2. The molecule has 22 heavy (non-hydrogen) atoms. The molecule has 1 aromatic carbocycles. The number of amides is 1. The van der Waals surface area contributed by atoms with Gasteiger partial charge in [0.05, 0.1) is 19.8 Å². The number of aliphatic hydroxyl groups excluding tert-OH is 1. The Hall–Kier alpha value is -1.40. The molecule has 0 aliphatic carbocycles. The first-order valence-corrected chi connectivity index (χ1v) is 8.64. The maximum Gasteiger partial charge on any atom is 0.407 e. The average molecular weight is 331 g/mol. The standard InChI is InChI=1S/C14H22NO6P/c1-3-20-22(18,21-4-2)13(16)10-15-14(17)19-11-12-8-6-5-7-9-12/h5-9,13,16H,3-4,10-11H2,1-2H3,(H,15,17)/t13-/m1/s1. The second-order valence-corrected chi connectivity index (χ2v) is 6.49. The zero-order valence-electron chi connectivity index (χ0n) is 12.7. The fourth-order valence-corrected chi connectivity index (χ4v) is 3.08. The molecule has 1 rings (SSSR count). The Morgan fingerprint density at radius 2 is 1.82 bits per heavy atom. The molecule has 0 fully saturated rings. The molecule has 1 atom stereocenters. The van der Waals surface area contributed by atoms with Crippen LogP contribution in [0.4, 0.5) is 4.79 Å². The Kier molecular flexibility index (Phi) is 8.12. The highest BCUT2D eigenvalue weighted by molar-refractivity contribution is 7.54. The lowest BCUT2D eigenvalue weighted by molar-refractivity contribution is 0.125. The summed E-state index contributed by atoms with van der Waals surface area (Å²) in [5.74, 6) is -1.45. The van der Waals surface area contributed by atoms with Crippen LogP contribution in [-0.2, 0) is 25.0 Å². The first-order valence-electron chi connectivity index (χ1n) is 7.03. The van der Waals surface area contributed by atoms with Crippen molar-refractivity contribution >= 4 is 13.7 Å². The van der Waals surface area contributed by atoms with Gasteiger partial charge < -0.3 is 24.2 Å². The normalized spacial score (nSPS) is 12.7. The maximum absolute atomic E-state index is 12.2. The molecule has 0 aliphatic rings. The van der Waals surface area contributed by atoms with Crippen molar-refractivity contribution in [3.63, 3.8) is 0 Å². The van der Waals surface area contributed by atoms with E-state index in [4.69, 9.17) is 13.8 Å². The summed E-state index contributed by atoms with van der Waals surface area (Å²) in [6.07, 6.45) is -0.720. The number of rotatable bonds is 9. The van der Waals surface area contributed by atoms with Crippen LogP contribution in [0, 0.1) is 0 Å². The second kappa shape index (κ2) is 9.58. The summed E-state index contributed by atoms with van der Waals surface area (Å²) in [7, 11) is -3.66. The van der Waals surface area contributed by atoms with Crippen LogP contribution in [0.5, 0.6) is 0 Å². The molecule has 0 aromatic heterocycles. The van der Waals surface area contributed by atoms with Gasteiger partial charge in [-0.3, -0.25) is 4.57 Å². The van der Waals surface area contributed by atoms with Gasteiger partial charge in [-0.1, -0.05) is 30.3 Å². The van der Waals surface area contributed by atoms with Gasteiger partial charge in [0.1, 0.15) is 6.61 Å². The van der Waals surface area contributed by atoms with Crippen molar-refractivity contribution in [2.45, 2.75) is 26.3 Å². The van der Waals surface area contributed by atoms with Gasteiger partial charge in [-0.2, -0.15) is 0 Å². The number of hydrogen-bond donors (Lipinski definition) is 2. The van der Waals surface area contributed by atoms with E-state index < -0.39 is 19.5 Å². The largest absolute Gasteiger partial charge is 0.445 e. The summed E-state index contributed by atoms with van der Waals surface area (Å²) in [5.41, 5.74) is 0.840. The van der Waals surface area contributed by atoms with E-state index in [2.05, 4.69) is 5.32 Å². The smallest absolute Gasteiger partial charge is 0.407 e. The number of carbonyl (C=O) groups excluding carboxylic acids is 1. The number of hydrogen-bond acceptors (Lipinski definition) is 6. The Bertz CT molecular complexity index is 485. The molecule has 0 aliphatic heterocycles. The number of carbonyl (C=O) groups is 1. The third-order valence-electron chi connectivity index (χ3n) is 2.62. The van der Waals surface area contributed by atoms with Crippen molar-refractivity contribution in [2.75, 3.05) is 19.8 Å². The molecule has 8 heteroatoms. The van der Waals surface area contributed by atoms with Crippen molar-refractivity contribution in [3.05, 3.63) is 35.9 Å². The van der Waals surface area contributed by atoms with Crippen LogP contribution < -0.4 is 5.32 Å². The third kappa shape index (κ3) is 6.15. The van der Waals surface area contributed by atoms with Crippen LogP contribution >= 0.6 is 7.60 Å². The fourth-order valence-electron chi connectivity index (χ4n) is 1.63. The van der Waals surface area contributed by atoms with Gasteiger partial charge in [0.25, 0.3) is 0 Å². The molecule has 0 saturated carbocycles. The number of ether oxygens (including phenoxy) is 1. The maximum atomic E-state index is 12.2. The molecule has 124 valence electrons. The highest BCUT2D eigenvalue weighted by atomic mass is 31.2. The number of benzene rings is 1. The molecule has 0 saturated heterocycles. The highest BCUT2D eigenvalue weighted by Gasteiger charge is 2.34. The number of aliphatic hydroxyl groups is 1. The molecule has 0 radical (unpaired) electrons. The average Bonchev–Trinajstić information content (AvgIpc) is 2.52.